The molecule has 0 aliphatic rings. The van der Waals surface area contributed by atoms with Crippen molar-refractivity contribution in [2.24, 2.45) is 0 Å². The second kappa shape index (κ2) is 4.84. The highest BCUT2D eigenvalue weighted by Gasteiger charge is 2.08. The Labute approximate surface area is 110 Å². The predicted octanol–water partition coefficient (Wildman–Crippen LogP) is 4.63. The van der Waals surface area contributed by atoms with E-state index in [9.17, 15) is 4.79 Å². The van der Waals surface area contributed by atoms with Crippen molar-refractivity contribution in [3.05, 3.63) is 58.1 Å². The lowest BCUT2D eigenvalue weighted by Gasteiger charge is -2.08. The van der Waals surface area contributed by atoms with Crippen molar-refractivity contribution in [1.29, 1.82) is 0 Å². The Kier molecular flexibility index (Phi) is 3.43. The highest BCUT2D eigenvalue weighted by molar-refractivity contribution is 9.10. The molecule has 0 amide bonds. The number of aryl methyl sites for hydroxylation is 1. The van der Waals surface area contributed by atoms with E-state index in [1.165, 1.54) is 5.56 Å². The van der Waals surface area contributed by atoms with Gasteiger partial charge < -0.3 is 0 Å². The summed E-state index contributed by atoms with van der Waals surface area (Å²) in [4.78, 5) is 11.6. The van der Waals surface area contributed by atoms with Gasteiger partial charge in [-0.15, -0.1) is 0 Å². The maximum Gasteiger partial charge on any atom is 0.160 e. The molecule has 0 radical (unpaired) electrons. The molecule has 0 aliphatic heterocycles. The SMILES string of the molecule is CC(=O)c1ccccc1-c1ccc(Br)c(C)c1. The molecule has 0 heterocycles. The molecule has 0 N–H and O–H groups in total. The largest absolute Gasteiger partial charge is 0.294 e. The highest BCUT2D eigenvalue weighted by atomic mass is 79.9. The molecule has 2 heteroatoms. The van der Waals surface area contributed by atoms with Crippen LogP contribution in [0.15, 0.2) is 46.9 Å². The molecule has 2 aromatic carbocycles. The lowest BCUT2D eigenvalue weighted by molar-refractivity contribution is 0.101. The summed E-state index contributed by atoms with van der Waals surface area (Å²) in [5.74, 6) is 0.0983. The van der Waals surface area contributed by atoms with Crippen LogP contribution >= 0.6 is 15.9 Å². The number of halogens is 1. The molecule has 0 bridgehead atoms. The van der Waals surface area contributed by atoms with Crippen LogP contribution in [0.2, 0.25) is 0 Å². The Bertz CT molecular complexity index is 573. The topological polar surface area (TPSA) is 17.1 Å². The van der Waals surface area contributed by atoms with E-state index in [4.69, 9.17) is 0 Å². The van der Waals surface area contributed by atoms with Gasteiger partial charge in [0.1, 0.15) is 0 Å². The summed E-state index contributed by atoms with van der Waals surface area (Å²) < 4.78 is 1.08. The first-order valence-corrected chi connectivity index (χ1v) is 6.25. The van der Waals surface area contributed by atoms with Gasteiger partial charge in [-0.1, -0.05) is 52.3 Å². The minimum atomic E-state index is 0.0983. The fourth-order valence-corrected chi connectivity index (χ4v) is 2.10. The number of carbonyl (C=O) groups excluding carboxylic acids is 1. The van der Waals surface area contributed by atoms with E-state index in [0.717, 1.165) is 21.2 Å². The summed E-state index contributed by atoms with van der Waals surface area (Å²) in [6.45, 7) is 3.65. The highest BCUT2D eigenvalue weighted by Crippen LogP contribution is 2.27. The van der Waals surface area contributed by atoms with Crippen LogP contribution in [0.3, 0.4) is 0 Å². The van der Waals surface area contributed by atoms with Gasteiger partial charge >= 0.3 is 0 Å². The Morgan fingerprint density at radius 1 is 1.12 bits per heavy atom. The van der Waals surface area contributed by atoms with E-state index < -0.39 is 0 Å². The van der Waals surface area contributed by atoms with E-state index in [1.54, 1.807) is 6.92 Å². The van der Waals surface area contributed by atoms with Gasteiger partial charge in [0.25, 0.3) is 0 Å². The first-order chi connectivity index (χ1) is 8.09. The van der Waals surface area contributed by atoms with Crippen molar-refractivity contribution in [2.45, 2.75) is 13.8 Å². The lowest BCUT2D eigenvalue weighted by atomic mass is 9.96. The van der Waals surface area contributed by atoms with E-state index >= 15 is 0 Å². The van der Waals surface area contributed by atoms with Crippen LogP contribution in [0.5, 0.6) is 0 Å². The van der Waals surface area contributed by atoms with Crippen molar-refractivity contribution in [2.75, 3.05) is 0 Å². The van der Waals surface area contributed by atoms with Gasteiger partial charge in [-0.05, 0) is 36.6 Å². The fraction of sp³-hybridized carbons (Fsp3) is 0.133. The Morgan fingerprint density at radius 3 is 2.47 bits per heavy atom. The first-order valence-electron chi connectivity index (χ1n) is 5.46. The molecule has 17 heavy (non-hydrogen) atoms. The van der Waals surface area contributed by atoms with Gasteiger partial charge in [-0.25, -0.2) is 0 Å². The molecule has 0 fully saturated rings. The minimum absolute atomic E-state index is 0.0983. The van der Waals surface area contributed by atoms with Gasteiger partial charge in [0, 0.05) is 10.0 Å². The van der Waals surface area contributed by atoms with Crippen molar-refractivity contribution >= 4 is 21.7 Å². The van der Waals surface area contributed by atoms with Gasteiger partial charge in [0.15, 0.2) is 5.78 Å². The molecular formula is C15H13BrO. The quantitative estimate of drug-likeness (QED) is 0.737. The van der Waals surface area contributed by atoms with Crippen molar-refractivity contribution in [1.82, 2.24) is 0 Å². The number of Topliss-reactive ketones (excluding diaryl/α,β-unsaturated/α-hetero) is 1. The zero-order valence-electron chi connectivity index (χ0n) is 9.83. The second-order valence-electron chi connectivity index (χ2n) is 4.07. The molecule has 0 unspecified atom stereocenters. The number of carbonyl (C=O) groups is 1. The van der Waals surface area contributed by atoms with Gasteiger partial charge in [0.2, 0.25) is 0 Å². The van der Waals surface area contributed by atoms with Crippen molar-refractivity contribution < 1.29 is 4.79 Å². The molecule has 0 atom stereocenters. The summed E-state index contributed by atoms with van der Waals surface area (Å²) >= 11 is 3.48. The molecule has 2 aromatic rings. The molecule has 0 saturated heterocycles. The van der Waals surface area contributed by atoms with Crippen molar-refractivity contribution in [3.63, 3.8) is 0 Å². The van der Waals surface area contributed by atoms with Crippen LogP contribution in [-0.2, 0) is 0 Å². The molecule has 2 rings (SSSR count). The summed E-state index contributed by atoms with van der Waals surface area (Å²) in [5.41, 5.74) is 4.02. The maximum absolute atomic E-state index is 11.6. The molecule has 1 nitrogen and oxygen atoms in total. The van der Waals surface area contributed by atoms with Gasteiger partial charge in [-0.2, -0.15) is 0 Å². The third kappa shape index (κ3) is 2.47. The summed E-state index contributed by atoms with van der Waals surface area (Å²) in [7, 11) is 0. The molecule has 0 spiro atoms. The van der Waals surface area contributed by atoms with Crippen molar-refractivity contribution in [3.8, 4) is 11.1 Å². The summed E-state index contributed by atoms with van der Waals surface area (Å²) in [6.07, 6.45) is 0. The maximum atomic E-state index is 11.6. The smallest absolute Gasteiger partial charge is 0.160 e. The number of benzene rings is 2. The molecule has 86 valence electrons. The first kappa shape index (κ1) is 12.1. The third-order valence-electron chi connectivity index (χ3n) is 2.78. The number of ketones is 1. The van der Waals surface area contributed by atoms with Crippen LogP contribution in [0, 0.1) is 6.92 Å². The van der Waals surface area contributed by atoms with Crippen LogP contribution < -0.4 is 0 Å². The van der Waals surface area contributed by atoms with E-state index in [1.807, 2.05) is 43.3 Å². The van der Waals surface area contributed by atoms with Crippen LogP contribution in [0.1, 0.15) is 22.8 Å². The lowest BCUT2D eigenvalue weighted by Crippen LogP contribution is -1.95. The molecule has 0 saturated carbocycles. The monoisotopic (exact) mass is 288 g/mol. The predicted molar refractivity (Wildman–Crippen MR) is 74.3 cm³/mol. The Morgan fingerprint density at radius 2 is 1.82 bits per heavy atom. The van der Waals surface area contributed by atoms with E-state index in [2.05, 4.69) is 22.0 Å². The van der Waals surface area contributed by atoms with E-state index in [-0.39, 0.29) is 5.78 Å². The van der Waals surface area contributed by atoms with Crippen LogP contribution in [0.4, 0.5) is 0 Å². The number of hydrogen-bond acceptors (Lipinski definition) is 1. The zero-order valence-corrected chi connectivity index (χ0v) is 11.4. The molecular weight excluding hydrogens is 276 g/mol. The minimum Gasteiger partial charge on any atom is -0.294 e. The second-order valence-corrected chi connectivity index (χ2v) is 4.92. The standard InChI is InChI=1S/C15H13BrO/c1-10-9-12(7-8-15(10)16)14-6-4-3-5-13(14)11(2)17/h3-9H,1-2H3. The zero-order chi connectivity index (χ0) is 12.4. The molecule has 0 aliphatic carbocycles. The van der Waals surface area contributed by atoms with Crippen LogP contribution in [-0.4, -0.2) is 5.78 Å². The molecule has 0 aromatic heterocycles. The Balaban J connectivity index is 2.60. The summed E-state index contributed by atoms with van der Waals surface area (Å²) in [5, 5.41) is 0. The average Bonchev–Trinajstić information content (AvgIpc) is 2.32. The van der Waals surface area contributed by atoms with Gasteiger partial charge in [-0.3, -0.25) is 4.79 Å². The third-order valence-corrected chi connectivity index (χ3v) is 3.67. The van der Waals surface area contributed by atoms with Gasteiger partial charge in [0.05, 0.1) is 0 Å². The average molecular weight is 289 g/mol. The van der Waals surface area contributed by atoms with Crippen LogP contribution in [0.25, 0.3) is 11.1 Å². The summed E-state index contributed by atoms with van der Waals surface area (Å²) in [6, 6.07) is 13.8. The fourth-order valence-electron chi connectivity index (χ4n) is 1.85. The number of rotatable bonds is 2. The normalized spacial score (nSPS) is 10.3. The number of hydrogen-bond donors (Lipinski definition) is 0. The Hall–Kier alpha value is -1.41. The van der Waals surface area contributed by atoms with E-state index in [0.29, 0.717) is 0 Å².